The van der Waals surface area contributed by atoms with Crippen molar-refractivity contribution in [3.05, 3.63) is 0 Å². The van der Waals surface area contributed by atoms with E-state index in [1.54, 1.807) is 0 Å². The molecule has 4 nitrogen and oxygen atoms in total. The number of carbonyl (C=O) groups excluding carboxylic acids is 2. The van der Waals surface area contributed by atoms with Crippen LogP contribution in [0.3, 0.4) is 0 Å². The van der Waals surface area contributed by atoms with E-state index >= 15 is 0 Å². The van der Waals surface area contributed by atoms with Gasteiger partial charge in [-0.25, -0.2) is 0 Å². The molecule has 0 bridgehead atoms. The fourth-order valence-electron chi connectivity index (χ4n) is 2.48. The molecule has 0 aromatic rings. The molecule has 0 heterocycles. The van der Waals surface area contributed by atoms with Crippen LogP contribution >= 0.6 is 0 Å². The Morgan fingerprint density at radius 1 is 0.435 bits per heavy atom. The molecular weight excluding hydrogens is 346 g/mol. The van der Waals surface area contributed by atoms with Crippen molar-refractivity contribution in [2.45, 2.75) is 96.3 Å². The van der Waals surface area contributed by atoms with Gasteiger partial charge in [0.15, 0.2) is 0 Å². The number of unbranched alkanes of at least 4 members (excludes halogenated alkanes) is 12. The predicted molar refractivity (Wildman–Crippen MR) is 79.3 cm³/mol. The van der Waals surface area contributed by atoms with Crippen LogP contribution in [0.4, 0.5) is 0 Å². The van der Waals surface area contributed by atoms with Gasteiger partial charge in [0, 0.05) is 11.9 Å². The van der Waals surface area contributed by atoms with E-state index in [1.165, 1.54) is 44.9 Å². The van der Waals surface area contributed by atoms with Gasteiger partial charge >= 0.3 is 103 Å². The second-order valence-corrected chi connectivity index (χ2v) is 5.84. The Morgan fingerprint density at radius 2 is 0.609 bits per heavy atom. The van der Waals surface area contributed by atoms with Crippen LogP contribution in [0.5, 0.6) is 0 Å². The molecule has 0 N–H and O–H groups in total. The third kappa shape index (κ3) is 29.2. The van der Waals surface area contributed by atoms with Crippen molar-refractivity contribution in [1.29, 1.82) is 0 Å². The van der Waals surface area contributed by atoms with Gasteiger partial charge in [-0.05, 0) is 25.7 Å². The molecule has 0 radical (unpaired) electrons. The molecule has 0 aromatic carbocycles. The van der Waals surface area contributed by atoms with E-state index in [-0.39, 0.29) is 116 Å². The van der Waals surface area contributed by atoms with Gasteiger partial charge in [0.1, 0.15) is 0 Å². The Labute approximate surface area is 226 Å². The van der Waals surface area contributed by atoms with E-state index in [2.05, 4.69) is 0 Å². The summed E-state index contributed by atoms with van der Waals surface area (Å²) in [5.74, 6) is -1.87. The molecule has 0 aliphatic heterocycles. The van der Waals surface area contributed by atoms with Gasteiger partial charge in [-0.2, -0.15) is 0 Å². The van der Waals surface area contributed by atoms with Crippen LogP contribution in [0.25, 0.3) is 0 Å². The summed E-state index contributed by atoms with van der Waals surface area (Å²) in [4.78, 5) is 20.4. The maximum absolute atomic E-state index is 10.2. The third-order valence-electron chi connectivity index (χ3n) is 3.76. The molecule has 0 amide bonds. The average molecular weight is 377 g/mol. The van der Waals surface area contributed by atoms with Crippen molar-refractivity contribution in [2.24, 2.45) is 0 Å². The van der Waals surface area contributed by atoms with Crippen molar-refractivity contribution in [1.82, 2.24) is 0 Å². The average Bonchev–Trinajstić information content (AvgIpc) is 2.42. The summed E-state index contributed by atoms with van der Waals surface area (Å²) < 4.78 is 0. The number of hydrogen-bond acceptors (Lipinski definition) is 4. The molecule has 0 saturated carbocycles. The molecule has 23 heavy (non-hydrogen) atoms. The first-order valence-corrected chi connectivity index (χ1v) is 8.52. The van der Waals surface area contributed by atoms with Gasteiger partial charge in [0.25, 0.3) is 0 Å². The number of carbonyl (C=O) groups is 2. The Hall–Kier alpha value is 2.21. The van der Waals surface area contributed by atoms with Crippen LogP contribution in [0.1, 0.15) is 96.3 Å². The number of hydrogen-bond donors (Lipinski definition) is 0. The van der Waals surface area contributed by atoms with E-state index in [9.17, 15) is 19.8 Å². The molecule has 124 valence electrons. The number of carboxylic acid groups (broad SMARTS) is 2. The van der Waals surface area contributed by atoms with Crippen LogP contribution in [0.15, 0.2) is 0 Å². The van der Waals surface area contributed by atoms with Crippen molar-refractivity contribution in [3.8, 4) is 0 Å². The first-order chi connectivity index (χ1) is 10.1. The van der Waals surface area contributed by atoms with E-state index in [1.807, 2.05) is 0 Å². The quantitative estimate of drug-likeness (QED) is 0.205. The van der Waals surface area contributed by atoms with Gasteiger partial charge in [-0.15, -0.1) is 0 Å². The summed E-state index contributed by atoms with van der Waals surface area (Å²) in [5, 5.41) is 20.4. The molecule has 0 fully saturated rings. The molecule has 0 spiro atoms. The molecule has 0 saturated heterocycles. The van der Waals surface area contributed by atoms with E-state index in [0.717, 1.165) is 38.5 Å². The van der Waals surface area contributed by atoms with E-state index < -0.39 is 11.9 Å². The van der Waals surface area contributed by atoms with Gasteiger partial charge in [-0.3, -0.25) is 0 Å². The summed E-state index contributed by atoms with van der Waals surface area (Å²) in [7, 11) is 0. The Morgan fingerprint density at radius 3 is 0.783 bits per heavy atom. The van der Waals surface area contributed by atoms with E-state index in [4.69, 9.17) is 0 Å². The third-order valence-corrected chi connectivity index (χ3v) is 3.76. The molecule has 0 aliphatic carbocycles. The zero-order valence-electron chi connectivity index (χ0n) is 15.2. The fourth-order valence-corrected chi connectivity index (χ4v) is 2.48. The second-order valence-electron chi connectivity index (χ2n) is 5.84. The first kappa shape index (κ1) is 30.0. The SMILES string of the molecule is O=C([O-])CCCCCCCCCCCCCCCC(=O)[O-].[K+].[K+]. The van der Waals surface area contributed by atoms with Crippen LogP contribution < -0.4 is 113 Å². The maximum Gasteiger partial charge on any atom is 1.00 e. The molecule has 0 aliphatic rings. The molecule has 0 aromatic heterocycles. The van der Waals surface area contributed by atoms with Crippen LogP contribution in [-0.2, 0) is 9.59 Å². The minimum atomic E-state index is -0.936. The number of rotatable bonds is 16. The number of carboxylic acids is 2. The molecule has 0 unspecified atom stereocenters. The van der Waals surface area contributed by atoms with Crippen molar-refractivity contribution in [3.63, 3.8) is 0 Å². The summed E-state index contributed by atoms with van der Waals surface area (Å²) >= 11 is 0. The van der Waals surface area contributed by atoms with Crippen molar-refractivity contribution in [2.75, 3.05) is 0 Å². The summed E-state index contributed by atoms with van der Waals surface area (Å²) in [5.41, 5.74) is 0. The van der Waals surface area contributed by atoms with E-state index in [0.29, 0.717) is 0 Å². The molecular formula is C17H30K2O4. The Bertz CT molecular complexity index is 247. The summed E-state index contributed by atoms with van der Waals surface area (Å²) in [6.07, 6.45) is 14.9. The standard InChI is InChI=1S/C17H32O4.2K/c18-16(19)14-12-10-8-6-4-2-1-3-5-7-9-11-13-15-17(20)21;;/h1-15H2,(H,18,19)(H,20,21);;/q;2*+1/p-2. The fraction of sp³-hybridized carbons (Fsp3) is 0.882. The van der Waals surface area contributed by atoms with Gasteiger partial charge in [-0.1, -0.05) is 70.6 Å². The number of aliphatic carboxylic acids is 2. The Kier molecular flexibility index (Phi) is 31.5. The maximum atomic E-state index is 10.2. The van der Waals surface area contributed by atoms with Crippen LogP contribution in [-0.4, -0.2) is 11.9 Å². The van der Waals surface area contributed by atoms with Gasteiger partial charge < -0.3 is 19.8 Å². The van der Waals surface area contributed by atoms with Crippen molar-refractivity contribution >= 4 is 11.9 Å². The predicted octanol–water partition coefficient (Wildman–Crippen LogP) is -3.65. The van der Waals surface area contributed by atoms with Gasteiger partial charge in [0.05, 0.1) is 0 Å². The first-order valence-electron chi connectivity index (χ1n) is 8.52. The second kappa shape index (κ2) is 24.2. The minimum Gasteiger partial charge on any atom is -0.550 e. The molecule has 0 rings (SSSR count). The summed E-state index contributed by atoms with van der Waals surface area (Å²) in [6, 6.07) is 0. The topological polar surface area (TPSA) is 80.3 Å². The van der Waals surface area contributed by atoms with Crippen molar-refractivity contribution < 1.29 is 123 Å². The molecule has 6 heteroatoms. The van der Waals surface area contributed by atoms with Crippen LogP contribution in [0.2, 0.25) is 0 Å². The van der Waals surface area contributed by atoms with Crippen LogP contribution in [0, 0.1) is 0 Å². The largest absolute Gasteiger partial charge is 1.00 e. The zero-order valence-corrected chi connectivity index (χ0v) is 21.5. The summed E-state index contributed by atoms with van der Waals surface area (Å²) in [6.45, 7) is 0. The smallest absolute Gasteiger partial charge is 0.550 e. The minimum absolute atomic E-state index is 0. The molecule has 0 atom stereocenters. The zero-order chi connectivity index (χ0) is 15.8. The monoisotopic (exact) mass is 376 g/mol. The van der Waals surface area contributed by atoms with Gasteiger partial charge in [0.2, 0.25) is 0 Å². The normalized spacial score (nSPS) is 9.74. The Balaban J connectivity index is -0.00000200.